The van der Waals surface area contributed by atoms with Crippen LogP contribution < -0.4 is 9.92 Å². The zero-order valence-corrected chi connectivity index (χ0v) is 8.61. The summed E-state index contributed by atoms with van der Waals surface area (Å²) in [6.07, 6.45) is 0. The van der Waals surface area contributed by atoms with Crippen molar-refractivity contribution in [1.29, 1.82) is 0 Å². The van der Waals surface area contributed by atoms with Crippen molar-refractivity contribution in [3.8, 4) is 5.75 Å². The van der Waals surface area contributed by atoms with Crippen LogP contribution in [0.15, 0.2) is 36.4 Å². The van der Waals surface area contributed by atoms with E-state index in [4.69, 9.17) is 5.73 Å². The van der Waals surface area contributed by atoms with E-state index in [1.807, 2.05) is 6.07 Å². The van der Waals surface area contributed by atoms with Crippen molar-refractivity contribution in [2.24, 2.45) is 0 Å². The van der Waals surface area contributed by atoms with Gasteiger partial charge in [0.15, 0.2) is 0 Å². The molecule has 0 spiro atoms. The molecule has 0 aliphatic rings. The molecule has 0 fully saturated rings. The third-order valence-corrected chi connectivity index (χ3v) is 2.38. The van der Waals surface area contributed by atoms with E-state index >= 15 is 0 Å². The van der Waals surface area contributed by atoms with E-state index in [2.05, 4.69) is 4.18 Å². The first kappa shape index (κ1) is 9.79. The van der Waals surface area contributed by atoms with Gasteiger partial charge in [-0.15, -0.1) is 0 Å². The van der Waals surface area contributed by atoms with Crippen molar-refractivity contribution in [3.05, 3.63) is 36.4 Å². The lowest BCUT2D eigenvalue weighted by Gasteiger charge is -2.02. The summed E-state index contributed by atoms with van der Waals surface area (Å²) in [6.45, 7) is 0. The molecule has 0 saturated carbocycles. The molecule has 0 aromatic heterocycles. The molecule has 0 aliphatic carbocycles. The SMILES string of the molecule is Nc1ccc2ccc(O[SH](=O)=O)cc2c1. The maximum atomic E-state index is 10.4. The summed E-state index contributed by atoms with van der Waals surface area (Å²) in [4.78, 5) is 0. The fourth-order valence-corrected chi connectivity index (χ4v) is 1.67. The Morgan fingerprint density at radius 2 is 1.73 bits per heavy atom. The molecule has 0 unspecified atom stereocenters. The first-order chi connectivity index (χ1) is 7.15. The molecule has 0 bridgehead atoms. The lowest BCUT2D eigenvalue weighted by Crippen LogP contribution is -1.90. The monoisotopic (exact) mass is 223 g/mol. The fourth-order valence-electron chi connectivity index (χ4n) is 1.39. The minimum Gasteiger partial charge on any atom is -0.399 e. The minimum atomic E-state index is -2.87. The molecule has 5 heteroatoms. The average molecular weight is 223 g/mol. The molecule has 2 aromatic rings. The Hall–Kier alpha value is -1.75. The quantitative estimate of drug-likeness (QED) is 0.595. The highest BCUT2D eigenvalue weighted by atomic mass is 32.2. The third-order valence-electron chi connectivity index (χ3n) is 2.02. The molecule has 2 rings (SSSR count). The summed E-state index contributed by atoms with van der Waals surface area (Å²) in [5.74, 6) is 0.296. The zero-order chi connectivity index (χ0) is 10.8. The van der Waals surface area contributed by atoms with Gasteiger partial charge in [-0.3, -0.25) is 0 Å². The van der Waals surface area contributed by atoms with Gasteiger partial charge < -0.3 is 9.92 Å². The highest BCUT2D eigenvalue weighted by Gasteiger charge is 1.98. The van der Waals surface area contributed by atoms with Gasteiger partial charge in [-0.1, -0.05) is 12.1 Å². The van der Waals surface area contributed by atoms with E-state index < -0.39 is 11.0 Å². The second-order valence-corrected chi connectivity index (χ2v) is 3.71. The van der Waals surface area contributed by atoms with Crippen LogP contribution in [0.5, 0.6) is 5.75 Å². The van der Waals surface area contributed by atoms with Gasteiger partial charge in [0, 0.05) is 5.69 Å². The van der Waals surface area contributed by atoms with Gasteiger partial charge in [-0.05, 0) is 35.0 Å². The molecule has 0 heterocycles. The Morgan fingerprint density at radius 1 is 1.00 bits per heavy atom. The number of nitrogen functional groups attached to an aromatic ring is 1. The second kappa shape index (κ2) is 3.78. The van der Waals surface area contributed by atoms with Gasteiger partial charge in [0.1, 0.15) is 5.75 Å². The van der Waals surface area contributed by atoms with Crippen molar-refractivity contribution < 1.29 is 12.6 Å². The smallest absolute Gasteiger partial charge is 0.299 e. The van der Waals surface area contributed by atoms with E-state index in [1.54, 1.807) is 30.3 Å². The second-order valence-electron chi connectivity index (χ2n) is 3.08. The fraction of sp³-hybridized carbons (Fsp3) is 0. The van der Waals surface area contributed by atoms with Crippen molar-refractivity contribution in [2.75, 3.05) is 5.73 Å². The topological polar surface area (TPSA) is 69.4 Å². The number of thiol groups is 1. The molecule has 0 saturated heterocycles. The van der Waals surface area contributed by atoms with Gasteiger partial charge >= 0.3 is 0 Å². The predicted molar refractivity (Wildman–Crippen MR) is 59.3 cm³/mol. The van der Waals surface area contributed by atoms with E-state index in [1.165, 1.54) is 0 Å². The first-order valence-corrected chi connectivity index (χ1v) is 5.36. The Morgan fingerprint density at radius 3 is 2.47 bits per heavy atom. The van der Waals surface area contributed by atoms with Crippen LogP contribution >= 0.6 is 0 Å². The van der Waals surface area contributed by atoms with Gasteiger partial charge in [0.2, 0.25) is 0 Å². The summed E-state index contributed by atoms with van der Waals surface area (Å²) in [5.41, 5.74) is 6.25. The van der Waals surface area contributed by atoms with Crippen LogP contribution in [-0.4, -0.2) is 8.42 Å². The van der Waals surface area contributed by atoms with Crippen LogP contribution in [-0.2, 0) is 11.0 Å². The zero-order valence-electron chi connectivity index (χ0n) is 7.71. The molecule has 0 radical (unpaired) electrons. The van der Waals surface area contributed by atoms with E-state index in [0.717, 1.165) is 10.8 Å². The molecule has 4 nitrogen and oxygen atoms in total. The van der Waals surface area contributed by atoms with Crippen LogP contribution in [0.1, 0.15) is 0 Å². The molecule has 0 atom stereocenters. The molecule has 0 aliphatic heterocycles. The predicted octanol–water partition coefficient (Wildman–Crippen LogP) is 1.33. The van der Waals surface area contributed by atoms with Crippen molar-refractivity contribution >= 4 is 27.4 Å². The largest absolute Gasteiger partial charge is 0.399 e. The minimum absolute atomic E-state index is 0.296. The van der Waals surface area contributed by atoms with Gasteiger partial charge in [-0.25, -0.2) is 0 Å². The molecule has 15 heavy (non-hydrogen) atoms. The Labute approximate surface area is 88.4 Å². The first-order valence-electron chi connectivity index (χ1n) is 4.27. The molecule has 2 N–H and O–H groups in total. The van der Waals surface area contributed by atoms with Crippen LogP contribution in [0.4, 0.5) is 5.69 Å². The van der Waals surface area contributed by atoms with Gasteiger partial charge in [0.25, 0.3) is 11.0 Å². The number of benzene rings is 2. The summed E-state index contributed by atoms with van der Waals surface area (Å²) in [5, 5.41) is 1.84. The molecular weight excluding hydrogens is 214 g/mol. The van der Waals surface area contributed by atoms with E-state index in [0.29, 0.717) is 11.4 Å². The standard InChI is InChI=1S/C10H9NO3S/c11-9-3-1-7-2-4-10(14-15(12)13)6-8(7)5-9/h1-6,15H,11H2. The number of hydrogen-bond donors (Lipinski definition) is 2. The summed E-state index contributed by atoms with van der Waals surface area (Å²) in [7, 11) is -2.87. The number of fused-ring (bicyclic) bond motifs is 1. The Bertz CT molecular complexity index is 570. The highest BCUT2D eigenvalue weighted by molar-refractivity contribution is 7.67. The average Bonchev–Trinajstić information content (AvgIpc) is 2.16. The number of nitrogens with two attached hydrogens (primary N) is 1. The van der Waals surface area contributed by atoms with Crippen LogP contribution in [0.3, 0.4) is 0 Å². The molecule has 2 aromatic carbocycles. The lowest BCUT2D eigenvalue weighted by molar-refractivity contribution is 0.511. The molecular formula is C10H9NO3S. The summed E-state index contributed by atoms with van der Waals surface area (Å²) >= 11 is 0. The molecule has 0 amide bonds. The van der Waals surface area contributed by atoms with Crippen LogP contribution in [0.25, 0.3) is 10.8 Å². The van der Waals surface area contributed by atoms with E-state index in [9.17, 15) is 8.42 Å². The van der Waals surface area contributed by atoms with Gasteiger partial charge in [-0.2, -0.15) is 8.42 Å². The highest BCUT2D eigenvalue weighted by Crippen LogP contribution is 2.22. The molecule has 78 valence electrons. The van der Waals surface area contributed by atoms with Gasteiger partial charge in [0.05, 0.1) is 0 Å². The lowest BCUT2D eigenvalue weighted by atomic mass is 10.1. The number of hydrogen-bond acceptors (Lipinski definition) is 4. The van der Waals surface area contributed by atoms with Crippen LogP contribution in [0.2, 0.25) is 0 Å². The summed E-state index contributed by atoms with van der Waals surface area (Å²) in [6, 6.07) is 10.4. The van der Waals surface area contributed by atoms with Crippen molar-refractivity contribution in [2.45, 2.75) is 0 Å². The normalized spacial score (nSPS) is 10.7. The third kappa shape index (κ3) is 2.19. The number of anilines is 1. The van der Waals surface area contributed by atoms with Crippen molar-refractivity contribution in [3.63, 3.8) is 0 Å². The Kier molecular flexibility index (Phi) is 2.47. The van der Waals surface area contributed by atoms with Crippen molar-refractivity contribution in [1.82, 2.24) is 0 Å². The maximum absolute atomic E-state index is 10.4. The number of rotatable bonds is 2. The Balaban J connectivity index is 2.54. The summed E-state index contributed by atoms with van der Waals surface area (Å²) < 4.78 is 25.3. The van der Waals surface area contributed by atoms with E-state index in [-0.39, 0.29) is 0 Å². The maximum Gasteiger partial charge on any atom is 0.299 e. The van der Waals surface area contributed by atoms with Crippen LogP contribution in [0, 0.1) is 0 Å².